The molecular weight excluding hydrogens is 224 g/mol. The van der Waals surface area contributed by atoms with Gasteiger partial charge in [0.25, 0.3) is 0 Å². The number of nitrogens with zero attached hydrogens (tertiary/aromatic N) is 2. The molecule has 0 spiro atoms. The Morgan fingerprint density at radius 3 is 2.69 bits per heavy atom. The van der Waals surface area contributed by atoms with Crippen LogP contribution < -0.4 is 4.90 Å². The van der Waals surface area contributed by atoms with Crippen molar-refractivity contribution >= 4 is 17.4 Å². The smallest absolute Gasteiger partial charge is 0.129 e. The summed E-state index contributed by atoms with van der Waals surface area (Å²) >= 11 is 5.92. The Labute approximate surface area is 102 Å². The minimum absolute atomic E-state index is 0.0492. The number of halogens is 1. The molecule has 16 heavy (non-hydrogen) atoms. The Morgan fingerprint density at radius 1 is 1.50 bits per heavy atom. The number of aliphatic hydroxyl groups is 1. The van der Waals surface area contributed by atoms with Crippen LogP contribution in [0.4, 0.5) is 5.82 Å². The second-order valence-corrected chi connectivity index (χ2v) is 4.49. The summed E-state index contributed by atoms with van der Waals surface area (Å²) in [7, 11) is 0. The Morgan fingerprint density at radius 2 is 2.19 bits per heavy atom. The van der Waals surface area contributed by atoms with E-state index in [0.29, 0.717) is 11.1 Å². The molecule has 0 radical (unpaired) electrons. The quantitative estimate of drug-likeness (QED) is 0.863. The van der Waals surface area contributed by atoms with Gasteiger partial charge in [-0.15, -0.1) is 0 Å². The summed E-state index contributed by atoms with van der Waals surface area (Å²) in [5.74, 6) is 0.880. The van der Waals surface area contributed by atoms with E-state index in [-0.39, 0.29) is 6.61 Å². The zero-order chi connectivity index (χ0) is 12.1. The molecule has 4 heteroatoms. The van der Waals surface area contributed by atoms with Gasteiger partial charge in [0.05, 0.1) is 11.6 Å². The van der Waals surface area contributed by atoms with Gasteiger partial charge in [-0.2, -0.15) is 0 Å². The van der Waals surface area contributed by atoms with Crippen molar-refractivity contribution in [2.45, 2.75) is 39.8 Å². The minimum atomic E-state index is -0.0492. The van der Waals surface area contributed by atoms with Crippen LogP contribution in [-0.2, 0) is 6.61 Å². The first-order chi connectivity index (χ1) is 7.60. The van der Waals surface area contributed by atoms with Gasteiger partial charge >= 0.3 is 0 Å². The lowest BCUT2D eigenvalue weighted by Crippen LogP contribution is -2.32. The number of hydrogen-bond donors (Lipinski definition) is 1. The van der Waals surface area contributed by atoms with Crippen LogP contribution in [0.3, 0.4) is 0 Å². The fourth-order valence-electron chi connectivity index (χ4n) is 1.62. The Balaban J connectivity index is 3.00. The van der Waals surface area contributed by atoms with Crippen molar-refractivity contribution in [1.29, 1.82) is 0 Å². The van der Waals surface area contributed by atoms with E-state index < -0.39 is 0 Å². The highest BCUT2D eigenvalue weighted by atomic mass is 35.5. The molecule has 90 valence electrons. The fraction of sp³-hybridized carbons (Fsp3) is 0.583. The maximum atomic E-state index is 9.16. The van der Waals surface area contributed by atoms with Gasteiger partial charge in [-0.25, -0.2) is 4.98 Å². The van der Waals surface area contributed by atoms with E-state index in [1.807, 2.05) is 6.07 Å². The summed E-state index contributed by atoms with van der Waals surface area (Å²) < 4.78 is 0. The van der Waals surface area contributed by atoms with E-state index in [1.165, 1.54) is 0 Å². The van der Waals surface area contributed by atoms with Crippen LogP contribution in [0, 0.1) is 0 Å². The lowest BCUT2D eigenvalue weighted by Gasteiger charge is -2.27. The molecule has 0 bridgehead atoms. The number of pyridine rings is 1. The number of rotatable bonds is 5. The highest BCUT2D eigenvalue weighted by molar-refractivity contribution is 6.31. The Bertz CT molecular complexity index is 342. The predicted octanol–water partition coefficient (Wildman–Crippen LogP) is 2.85. The van der Waals surface area contributed by atoms with Crippen molar-refractivity contribution in [1.82, 2.24) is 4.98 Å². The number of anilines is 1. The van der Waals surface area contributed by atoms with Crippen molar-refractivity contribution < 1.29 is 5.11 Å². The summed E-state index contributed by atoms with van der Waals surface area (Å²) in [6, 6.07) is 2.25. The topological polar surface area (TPSA) is 36.4 Å². The summed E-state index contributed by atoms with van der Waals surface area (Å²) in [5.41, 5.74) is 0.730. The Kier molecular flexibility index (Phi) is 5.03. The second kappa shape index (κ2) is 6.06. The van der Waals surface area contributed by atoms with Gasteiger partial charge in [-0.05, 0) is 26.3 Å². The molecule has 1 heterocycles. The molecular formula is C12H19ClN2O. The van der Waals surface area contributed by atoms with Crippen LogP contribution in [-0.4, -0.2) is 22.7 Å². The predicted molar refractivity (Wildman–Crippen MR) is 67.9 cm³/mol. The maximum absolute atomic E-state index is 9.16. The van der Waals surface area contributed by atoms with E-state index >= 15 is 0 Å². The van der Waals surface area contributed by atoms with Gasteiger partial charge in [0.15, 0.2) is 0 Å². The highest BCUT2D eigenvalue weighted by Gasteiger charge is 2.12. The molecule has 0 unspecified atom stereocenters. The van der Waals surface area contributed by atoms with Gasteiger partial charge in [0, 0.05) is 24.3 Å². The van der Waals surface area contributed by atoms with Crippen LogP contribution >= 0.6 is 11.6 Å². The molecule has 0 aliphatic rings. The van der Waals surface area contributed by atoms with Crippen LogP contribution in [0.2, 0.25) is 5.02 Å². The average molecular weight is 243 g/mol. The molecule has 1 rings (SSSR count). The molecule has 0 fully saturated rings. The zero-order valence-electron chi connectivity index (χ0n) is 10.1. The third kappa shape index (κ3) is 3.09. The summed E-state index contributed by atoms with van der Waals surface area (Å²) in [4.78, 5) is 6.51. The number of hydrogen-bond acceptors (Lipinski definition) is 3. The van der Waals surface area contributed by atoms with Crippen molar-refractivity contribution in [3.8, 4) is 0 Å². The SMILES string of the molecule is CCCN(c1cc(CO)c(Cl)cn1)C(C)C. The van der Waals surface area contributed by atoms with Gasteiger partial charge in [-0.3, -0.25) is 0 Å². The van der Waals surface area contributed by atoms with Crippen molar-refractivity contribution in [3.05, 3.63) is 22.8 Å². The monoisotopic (exact) mass is 242 g/mol. The molecule has 0 saturated carbocycles. The lowest BCUT2D eigenvalue weighted by atomic mass is 10.2. The fourth-order valence-corrected chi connectivity index (χ4v) is 1.79. The van der Waals surface area contributed by atoms with E-state index in [9.17, 15) is 0 Å². The maximum Gasteiger partial charge on any atom is 0.129 e. The number of aliphatic hydroxyl groups excluding tert-OH is 1. The number of aromatic nitrogens is 1. The van der Waals surface area contributed by atoms with Crippen LogP contribution in [0.1, 0.15) is 32.8 Å². The van der Waals surface area contributed by atoms with E-state index in [4.69, 9.17) is 16.7 Å². The zero-order valence-corrected chi connectivity index (χ0v) is 10.8. The average Bonchev–Trinajstić information content (AvgIpc) is 2.26. The highest BCUT2D eigenvalue weighted by Crippen LogP contribution is 2.22. The molecule has 1 N–H and O–H groups in total. The molecule has 1 aromatic heterocycles. The van der Waals surface area contributed by atoms with E-state index in [2.05, 4.69) is 30.7 Å². The van der Waals surface area contributed by atoms with Crippen molar-refractivity contribution in [2.75, 3.05) is 11.4 Å². The minimum Gasteiger partial charge on any atom is -0.392 e. The van der Waals surface area contributed by atoms with Gasteiger partial charge in [-0.1, -0.05) is 18.5 Å². The van der Waals surface area contributed by atoms with E-state index in [0.717, 1.165) is 24.3 Å². The third-order valence-electron chi connectivity index (χ3n) is 2.47. The molecule has 0 saturated heterocycles. The largest absolute Gasteiger partial charge is 0.392 e. The van der Waals surface area contributed by atoms with Crippen molar-refractivity contribution in [2.24, 2.45) is 0 Å². The molecule has 3 nitrogen and oxygen atoms in total. The molecule has 0 aliphatic heterocycles. The van der Waals surface area contributed by atoms with Gasteiger partial charge in [0.2, 0.25) is 0 Å². The summed E-state index contributed by atoms with van der Waals surface area (Å²) in [5, 5.41) is 9.68. The normalized spacial score (nSPS) is 10.9. The second-order valence-electron chi connectivity index (χ2n) is 4.08. The Hall–Kier alpha value is -0.800. The summed E-state index contributed by atoms with van der Waals surface area (Å²) in [6.07, 6.45) is 2.67. The first-order valence-electron chi connectivity index (χ1n) is 5.62. The van der Waals surface area contributed by atoms with Gasteiger partial charge in [0.1, 0.15) is 5.82 Å². The first kappa shape index (κ1) is 13.3. The van der Waals surface area contributed by atoms with Gasteiger partial charge < -0.3 is 10.0 Å². The summed E-state index contributed by atoms with van der Waals surface area (Å²) in [6.45, 7) is 7.30. The molecule has 0 atom stereocenters. The molecule has 0 amide bonds. The molecule has 0 aliphatic carbocycles. The first-order valence-corrected chi connectivity index (χ1v) is 5.99. The lowest BCUT2D eigenvalue weighted by molar-refractivity contribution is 0.282. The standard InChI is InChI=1S/C12H19ClN2O/c1-4-5-15(9(2)3)12-6-10(8-16)11(13)7-14-12/h6-7,9,16H,4-5,8H2,1-3H3. The third-order valence-corrected chi connectivity index (χ3v) is 2.81. The molecule has 1 aromatic rings. The van der Waals surface area contributed by atoms with Crippen LogP contribution in [0.15, 0.2) is 12.3 Å². The van der Waals surface area contributed by atoms with Crippen LogP contribution in [0.25, 0.3) is 0 Å². The van der Waals surface area contributed by atoms with Crippen LogP contribution in [0.5, 0.6) is 0 Å². The van der Waals surface area contributed by atoms with E-state index in [1.54, 1.807) is 6.20 Å². The molecule has 0 aromatic carbocycles. The van der Waals surface area contributed by atoms with Crippen molar-refractivity contribution in [3.63, 3.8) is 0 Å².